The summed E-state index contributed by atoms with van der Waals surface area (Å²) in [6.07, 6.45) is 1.55. The fourth-order valence-electron chi connectivity index (χ4n) is 0.788. The first-order valence-electron chi connectivity index (χ1n) is 3.57. The topological polar surface area (TPSA) is 87.6 Å². The van der Waals surface area contributed by atoms with E-state index in [4.69, 9.17) is 5.73 Å². The third kappa shape index (κ3) is 2.55. The normalized spacial score (nSPS) is 13.3. The van der Waals surface area contributed by atoms with Crippen LogP contribution in [0.5, 0.6) is 0 Å². The van der Waals surface area contributed by atoms with Gasteiger partial charge in [-0.3, -0.25) is 4.98 Å². The van der Waals surface area contributed by atoms with E-state index in [0.29, 0.717) is 5.82 Å². The maximum Gasteiger partial charge on any atom is 0.340 e. The molecule has 5 heteroatoms. The van der Waals surface area contributed by atoms with Crippen LogP contribution in [0.3, 0.4) is 0 Å². The molecule has 4 N–H and O–H groups in total. The molecule has 0 fully saturated rings. The minimum Gasteiger partial charge on any atom is -0.328 e. The van der Waals surface area contributed by atoms with Gasteiger partial charge in [-0.1, -0.05) is 0 Å². The quantitative estimate of drug-likeness (QED) is 0.545. The molecule has 0 aliphatic heterocycles. The molecule has 1 unspecified atom stereocenters. The van der Waals surface area contributed by atoms with Gasteiger partial charge in [0.2, 0.25) is 0 Å². The summed E-state index contributed by atoms with van der Waals surface area (Å²) in [5.74, 6) is 0.673. The Bertz CT molecular complexity index is 262. The van der Waals surface area contributed by atoms with Crippen LogP contribution in [0.1, 0.15) is 19.2 Å². The van der Waals surface area contributed by atoms with E-state index in [0.717, 1.165) is 12.8 Å². The highest BCUT2D eigenvalue weighted by atomic mass is 16.1. The Morgan fingerprint density at radius 1 is 1.73 bits per heavy atom. The van der Waals surface area contributed by atoms with E-state index >= 15 is 0 Å². The SMILES string of the molecule is CC(N)CCc1n[nH]c(=O)[nH]1. The molecule has 1 heterocycles. The molecule has 0 saturated carbocycles. The predicted octanol–water partition coefficient (Wildman–Crippen LogP) is -0.622. The standard InChI is InChI=1S/C6H12N4O/c1-4(7)2-3-5-8-6(11)10-9-5/h4H,2-3,7H2,1H3,(H2,8,9,10,11). The molecule has 0 aromatic carbocycles. The molecule has 0 aliphatic rings. The fourth-order valence-corrected chi connectivity index (χ4v) is 0.788. The summed E-state index contributed by atoms with van der Waals surface area (Å²) in [4.78, 5) is 13.1. The van der Waals surface area contributed by atoms with E-state index in [9.17, 15) is 4.79 Å². The molecule has 1 aromatic heterocycles. The number of aromatic amines is 2. The van der Waals surface area contributed by atoms with Crippen LogP contribution < -0.4 is 11.4 Å². The Hall–Kier alpha value is -1.10. The lowest BCUT2D eigenvalue weighted by Gasteiger charge is -1.99. The highest BCUT2D eigenvalue weighted by Gasteiger charge is 1.99. The van der Waals surface area contributed by atoms with Crippen LogP contribution in [0, 0.1) is 0 Å². The van der Waals surface area contributed by atoms with Crippen molar-refractivity contribution < 1.29 is 0 Å². The van der Waals surface area contributed by atoms with Gasteiger partial charge in [-0.15, -0.1) is 0 Å². The third-order valence-corrected chi connectivity index (χ3v) is 1.39. The van der Waals surface area contributed by atoms with Gasteiger partial charge in [0, 0.05) is 12.5 Å². The van der Waals surface area contributed by atoms with Gasteiger partial charge in [0.1, 0.15) is 5.82 Å². The summed E-state index contributed by atoms with van der Waals surface area (Å²) in [7, 11) is 0. The molecule has 0 saturated heterocycles. The summed E-state index contributed by atoms with van der Waals surface area (Å²) in [5.41, 5.74) is 5.26. The number of hydrogen-bond acceptors (Lipinski definition) is 3. The molecule has 62 valence electrons. The van der Waals surface area contributed by atoms with Gasteiger partial charge in [0.25, 0.3) is 0 Å². The van der Waals surface area contributed by atoms with Crippen LogP contribution >= 0.6 is 0 Å². The molecule has 0 spiro atoms. The van der Waals surface area contributed by atoms with E-state index in [-0.39, 0.29) is 11.7 Å². The van der Waals surface area contributed by atoms with Gasteiger partial charge in [0.15, 0.2) is 0 Å². The first-order chi connectivity index (χ1) is 5.18. The van der Waals surface area contributed by atoms with Crippen LogP contribution in [-0.2, 0) is 6.42 Å². The second-order valence-electron chi connectivity index (χ2n) is 2.64. The number of nitrogens with one attached hydrogen (secondary N) is 2. The van der Waals surface area contributed by atoms with Gasteiger partial charge >= 0.3 is 5.69 Å². The van der Waals surface area contributed by atoms with Gasteiger partial charge < -0.3 is 5.73 Å². The molecule has 5 nitrogen and oxygen atoms in total. The van der Waals surface area contributed by atoms with Crippen molar-refractivity contribution in [2.75, 3.05) is 0 Å². The van der Waals surface area contributed by atoms with Crippen LogP contribution in [0.4, 0.5) is 0 Å². The van der Waals surface area contributed by atoms with Crippen LogP contribution in [-0.4, -0.2) is 21.2 Å². The lowest BCUT2D eigenvalue weighted by atomic mass is 10.2. The zero-order valence-corrected chi connectivity index (χ0v) is 6.42. The maximum atomic E-state index is 10.5. The first kappa shape index (κ1) is 8.00. The Morgan fingerprint density at radius 2 is 2.45 bits per heavy atom. The van der Waals surface area contributed by atoms with Crippen LogP contribution in [0.25, 0.3) is 0 Å². The average molecular weight is 156 g/mol. The number of hydrogen-bond donors (Lipinski definition) is 3. The number of H-pyrrole nitrogens is 2. The van der Waals surface area contributed by atoms with Crippen molar-refractivity contribution in [1.82, 2.24) is 15.2 Å². The Balaban J connectivity index is 2.45. The molecule has 0 radical (unpaired) electrons. The minimum absolute atomic E-state index is 0.148. The number of rotatable bonds is 3. The first-order valence-corrected chi connectivity index (χ1v) is 3.57. The lowest BCUT2D eigenvalue weighted by molar-refractivity contribution is 0.649. The number of nitrogens with two attached hydrogens (primary N) is 1. The maximum absolute atomic E-state index is 10.5. The second kappa shape index (κ2) is 3.34. The van der Waals surface area contributed by atoms with Gasteiger partial charge in [-0.2, -0.15) is 5.10 Å². The molecular weight excluding hydrogens is 144 g/mol. The van der Waals surface area contributed by atoms with E-state index in [2.05, 4.69) is 15.2 Å². The van der Waals surface area contributed by atoms with Gasteiger partial charge in [-0.05, 0) is 13.3 Å². The molecule has 0 aliphatic carbocycles. The predicted molar refractivity (Wildman–Crippen MR) is 41.2 cm³/mol. The summed E-state index contributed by atoms with van der Waals surface area (Å²) in [6.45, 7) is 1.92. The average Bonchev–Trinajstić information content (AvgIpc) is 2.31. The van der Waals surface area contributed by atoms with Crippen molar-refractivity contribution in [3.05, 3.63) is 16.3 Å². The van der Waals surface area contributed by atoms with Gasteiger partial charge in [0.05, 0.1) is 0 Å². The Morgan fingerprint density at radius 3 is 2.91 bits per heavy atom. The van der Waals surface area contributed by atoms with Crippen molar-refractivity contribution in [1.29, 1.82) is 0 Å². The van der Waals surface area contributed by atoms with E-state index in [1.165, 1.54) is 0 Å². The Labute approximate surface area is 64.0 Å². The molecule has 1 aromatic rings. The minimum atomic E-state index is -0.260. The highest BCUT2D eigenvalue weighted by Crippen LogP contribution is 1.93. The van der Waals surface area contributed by atoms with Crippen molar-refractivity contribution >= 4 is 0 Å². The molecule has 11 heavy (non-hydrogen) atoms. The zero-order valence-electron chi connectivity index (χ0n) is 6.42. The summed E-state index contributed by atoms with van der Waals surface area (Å²) < 4.78 is 0. The molecule has 1 rings (SSSR count). The van der Waals surface area contributed by atoms with Gasteiger partial charge in [-0.25, -0.2) is 9.89 Å². The molecule has 1 atom stereocenters. The highest BCUT2D eigenvalue weighted by molar-refractivity contribution is 4.81. The lowest BCUT2D eigenvalue weighted by Crippen LogP contribution is -2.15. The molecule has 0 amide bonds. The number of aromatic nitrogens is 3. The van der Waals surface area contributed by atoms with Crippen molar-refractivity contribution in [3.8, 4) is 0 Å². The number of nitrogens with zero attached hydrogens (tertiary/aromatic N) is 1. The third-order valence-electron chi connectivity index (χ3n) is 1.39. The van der Waals surface area contributed by atoms with Crippen LogP contribution in [0.2, 0.25) is 0 Å². The summed E-state index contributed by atoms with van der Waals surface area (Å²) in [6, 6.07) is 0.148. The number of aryl methyl sites for hydroxylation is 1. The van der Waals surface area contributed by atoms with E-state index < -0.39 is 0 Å². The smallest absolute Gasteiger partial charge is 0.328 e. The fraction of sp³-hybridized carbons (Fsp3) is 0.667. The van der Waals surface area contributed by atoms with Crippen molar-refractivity contribution in [2.24, 2.45) is 5.73 Å². The Kier molecular flexibility index (Phi) is 2.43. The monoisotopic (exact) mass is 156 g/mol. The molecular formula is C6H12N4O. The van der Waals surface area contributed by atoms with Crippen molar-refractivity contribution in [2.45, 2.75) is 25.8 Å². The zero-order chi connectivity index (χ0) is 8.27. The van der Waals surface area contributed by atoms with E-state index in [1.807, 2.05) is 6.92 Å². The largest absolute Gasteiger partial charge is 0.340 e. The molecule has 0 bridgehead atoms. The van der Waals surface area contributed by atoms with Crippen molar-refractivity contribution in [3.63, 3.8) is 0 Å². The second-order valence-corrected chi connectivity index (χ2v) is 2.64. The van der Waals surface area contributed by atoms with E-state index in [1.54, 1.807) is 0 Å². The van der Waals surface area contributed by atoms with Crippen LogP contribution in [0.15, 0.2) is 4.79 Å². The summed E-state index contributed by atoms with van der Waals surface area (Å²) >= 11 is 0. The summed E-state index contributed by atoms with van der Waals surface area (Å²) in [5, 5.41) is 6.03.